The standard InChI is InChI=1S/C7H13N3S/c1-4-5-11-7(8)10-9-6(2)3/h4H,1,5H2,2-3H3,(H2,8,10). The molecule has 0 unspecified atom stereocenters. The summed E-state index contributed by atoms with van der Waals surface area (Å²) >= 11 is 1.42. The molecule has 3 nitrogen and oxygen atoms in total. The summed E-state index contributed by atoms with van der Waals surface area (Å²) < 4.78 is 0. The van der Waals surface area contributed by atoms with E-state index >= 15 is 0 Å². The van der Waals surface area contributed by atoms with Crippen LogP contribution in [0.5, 0.6) is 0 Å². The first kappa shape index (κ1) is 10.2. The molecule has 0 bridgehead atoms. The summed E-state index contributed by atoms with van der Waals surface area (Å²) in [7, 11) is 0. The van der Waals surface area contributed by atoms with Crippen molar-refractivity contribution in [3.8, 4) is 0 Å². The molecule has 0 aliphatic carbocycles. The minimum Gasteiger partial charge on any atom is -0.377 e. The number of thioether (sulfide) groups is 1. The third kappa shape index (κ3) is 7.12. The highest BCUT2D eigenvalue weighted by atomic mass is 32.2. The predicted molar refractivity (Wildman–Crippen MR) is 53.1 cm³/mol. The normalized spacial score (nSPS) is 10.9. The highest BCUT2D eigenvalue weighted by Gasteiger charge is 1.88. The van der Waals surface area contributed by atoms with Gasteiger partial charge in [0.2, 0.25) is 0 Å². The first-order valence-corrected chi connectivity index (χ1v) is 4.23. The largest absolute Gasteiger partial charge is 0.377 e. The Morgan fingerprint density at radius 3 is 2.64 bits per heavy atom. The molecule has 0 aromatic rings. The van der Waals surface area contributed by atoms with Gasteiger partial charge in [-0.15, -0.1) is 11.7 Å². The molecule has 0 saturated carbocycles. The van der Waals surface area contributed by atoms with Crippen molar-refractivity contribution in [2.75, 3.05) is 5.75 Å². The number of hydrogen-bond donors (Lipinski definition) is 1. The van der Waals surface area contributed by atoms with Crippen LogP contribution < -0.4 is 5.73 Å². The van der Waals surface area contributed by atoms with Crippen molar-refractivity contribution in [1.82, 2.24) is 0 Å². The second-order valence-electron chi connectivity index (χ2n) is 2.09. The van der Waals surface area contributed by atoms with E-state index in [1.807, 2.05) is 13.8 Å². The molecule has 0 amide bonds. The summed E-state index contributed by atoms with van der Waals surface area (Å²) in [4.78, 5) is 0. The Morgan fingerprint density at radius 2 is 2.18 bits per heavy atom. The van der Waals surface area contributed by atoms with Crippen molar-refractivity contribution in [2.24, 2.45) is 15.9 Å². The van der Waals surface area contributed by atoms with E-state index in [-0.39, 0.29) is 0 Å². The average molecular weight is 171 g/mol. The van der Waals surface area contributed by atoms with Crippen molar-refractivity contribution in [1.29, 1.82) is 0 Å². The molecule has 0 aromatic carbocycles. The Labute approximate surface area is 71.5 Å². The molecule has 62 valence electrons. The molecule has 11 heavy (non-hydrogen) atoms. The molecule has 0 heterocycles. The SMILES string of the molecule is C=CCS/C(N)=N/N=C(C)C. The molecular weight excluding hydrogens is 158 g/mol. The van der Waals surface area contributed by atoms with Crippen molar-refractivity contribution >= 4 is 22.6 Å². The number of hydrogen-bond acceptors (Lipinski definition) is 3. The predicted octanol–water partition coefficient (Wildman–Crippen LogP) is 1.62. The lowest BCUT2D eigenvalue weighted by Gasteiger charge is -1.92. The van der Waals surface area contributed by atoms with Gasteiger partial charge < -0.3 is 5.73 Å². The van der Waals surface area contributed by atoms with Crippen LogP contribution in [0, 0.1) is 0 Å². The van der Waals surface area contributed by atoms with E-state index in [0.29, 0.717) is 5.17 Å². The Bertz CT molecular complexity index is 180. The van der Waals surface area contributed by atoms with Crippen LogP contribution in [-0.4, -0.2) is 16.6 Å². The van der Waals surface area contributed by atoms with E-state index in [2.05, 4.69) is 16.8 Å². The zero-order chi connectivity index (χ0) is 8.69. The zero-order valence-corrected chi connectivity index (χ0v) is 7.69. The van der Waals surface area contributed by atoms with Crippen LogP contribution in [-0.2, 0) is 0 Å². The number of nitrogens with two attached hydrogens (primary N) is 1. The van der Waals surface area contributed by atoms with Crippen LogP contribution in [0.15, 0.2) is 22.9 Å². The smallest absolute Gasteiger partial charge is 0.180 e. The molecule has 0 spiro atoms. The van der Waals surface area contributed by atoms with E-state index in [0.717, 1.165) is 11.5 Å². The van der Waals surface area contributed by atoms with Crippen LogP contribution in [0.3, 0.4) is 0 Å². The van der Waals surface area contributed by atoms with Crippen LogP contribution in [0.25, 0.3) is 0 Å². The van der Waals surface area contributed by atoms with Gasteiger partial charge in [0.15, 0.2) is 5.17 Å². The zero-order valence-electron chi connectivity index (χ0n) is 6.87. The summed E-state index contributed by atoms with van der Waals surface area (Å²) in [5, 5.41) is 8.04. The van der Waals surface area contributed by atoms with Crippen LogP contribution >= 0.6 is 11.8 Å². The third-order valence-corrected chi connectivity index (χ3v) is 1.48. The van der Waals surface area contributed by atoms with Crippen molar-refractivity contribution < 1.29 is 0 Å². The molecule has 0 radical (unpaired) electrons. The Morgan fingerprint density at radius 1 is 1.55 bits per heavy atom. The highest BCUT2D eigenvalue weighted by Crippen LogP contribution is 1.99. The van der Waals surface area contributed by atoms with Gasteiger partial charge in [-0.25, -0.2) is 0 Å². The minimum atomic E-state index is 0.478. The Hall–Kier alpha value is -0.770. The molecule has 0 atom stereocenters. The topological polar surface area (TPSA) is 50.7 Å². The maximum absolute atomic E-state index is 5.47. The lowest BCUT2D eigenvalue weighted by Crippen LogP contribution is -2.06. The average Bonchev–Trinajstić information content (AvgIpc) is 1.97. The third-order valence-electron chi connectivity index (χ3n) is 0.698. The Kier molecular flexibility index (Phi) is 5.56. The molecule has 0 aromatic heterocycles. The number of rotatable bonds is 3. The maximum atomic E-state index is 5.47. The summed E-state index contributed by atoms with van der Waals surface area (Å²) in [5.41, 5.74) is 6.36. The van der Waals surface area contributed by atoms with Gasteiger partial charge in [-0.2, -0.15) is 5.10 Å². The van der Waals surface area contributed by atoms with Gasteiger partial charge in [0.05, 0.1) is 0 Å². The van der Waals surface area contributed by atoms with E-state index in [4.69, 9.17) is 5.73 Å². The van der Waals surface area contributed by atoms with Gasteiger partial charge in [0, 0.05) is 11.5 Å². The molecule has 0 rings (SSSR count). The van der Waals surface area contributed by atoms with E-state index in [1.54, 1.807) is 6.08 Å². The monoisotopic (exact) mass is 171 g/mol. The van der Waals surface area contributed by atoms with Crippen LogP contribution in [0.1, 0.15) is 13.8 Å². The fourth-order valence-corrected chi connectivity index (χ4v) is 0.710. The summed E-state index contributed by atoms with van der Waals surface area (Å²) in [6.07, 6.45) is 1.77. The highest BCUT2D eigenvalue weighted by molar-refractivity contribution is 8.13. The number of amidine groups is 1. The second kappa shape index (κ2) is 5.97. The molecule has 0 aliphatic heterocycles. The lowest BCUT2D eigenvalue weighted by molar-refractivity contribution is 1.22. The lowest BCUT2D eigenvalue weighted by atomic mass is 10.5. The summed E-state index contributed by atoms with van der Waals surface area (Å²) in [6.45, 7) is 7.30. The molecule has 4 heteroatoms. The van der Waals surface area contributed by atoms with Crippen molar-refractivity contribution in [3.63, 3.8) is 0 Å². The first-order chi connectivity index (χ1) is 5.16. The van der Waals surface area contributed by atoms with Crippen molar-refractivity contribution in [3.05, 3.63) is 12.7 Å². The minimum absolute atomic E-state index is 0.478. The van der Waals surface area contributed by atoms with Gasteiger partial charge >= 0.3 is 0 Å². The number of nitrogens with zero attached hydrogens (tertiary/aromatic N) is 2. The quantitative estimate of drug-likeness (QED) is 0.303. The molecule has 0 aliphatic rings. The van der Waals surface area contributed by atoms with Crippen LogP contribution in [0.4, 0.5) is 0 Å². The second-order valence-corrected chi connectivity index (χ2v) is 3.13. The maximum Gasteiger partial charge on any atom is 0.180 e. The van der Waals surface area contributed by atoms with Gasteiger partial charge in [-0.05, 0) is 13.8 Å². The molecule has 0 fully saturated rings. The van der Waals surface area contributed by atoms with Gasteiger partial charge in [0.1, 0.15) is 0 Å². The summed E-state index contributed by atoms with van der Waals surface area (Å²) in [6, 6.07) is 0. The van der Waals surface area contributed by atoms with E-state index < -0.39 is 0 Å². The summed E-state index contributed by atoms with van der Waals surface area (Å²) in [5.74, 6) is 0.771. The van der Waals surface area contributed by atoms with Gasteiger partial charge in [-0.1, -0.05) is 17.8 Å². The first-order valence-electron chi connectivity index (χ1n) is 3.25. The van der Waals surface area contributed by atoms with Gasteiger partial charge in [-0.3, -0.25) is 0 Å². The Balaban J connectivity index is 3.80. The van der Waals surface area contributed by atoms with Crippen LogP contribution in [0.2, 0.25) is 0 Å². The molecular formula is C7H13N3S. The molecule has 2 N–H and O–H groups in total. The fourth-order valence-electron chi connectivity index (χ4n) is 0.322. The fraction of sp³-hybridized carbons (Fsp3) is 0.429. The van der Waals surface area contributed by atoms with E-state index in [9.17, 15) is 0 Å². The van der Waals surface area contributed by atoms with Gasteiger partial charge in [0.25, 0.3) is 0 Å². The van der Waals surface area contributed by atoms with E-state index in [1.165, 1.54) is 11.8 Å². The van der Waals surface area contributed by atoms with Crippen molar-refractivity contribution in [2.45, 2.75) is 13.8 Å². The molecule has 0 saturated heterocycles.